The summed E-state index contributed by atoms with van der Waals surface area (Å²) >= 11 is 0. The van der Waals surface area contributed by atoms with Gasteiger partial charge >= 0.3 is 11.9 Å². The molecule has 0 spiro atoms. The molecule has 5 rings (SSSR count). The van der Waals surface area contributed by atoms with Gasteiger partial charge in [0.2, 0.25) is 0 Å². The summed E-state index contributed by atoms with van der Waals surface area (Å²) in [5.41, 5.74) is 1.26. The molecule has 1 aromatic heterocycles. The zero-order chi connectivity index (χ0) is 28.4. The highest BCUT2D eigenvalue weighted by Crippen LogP contribution is 2.63. The molecule has 2 N–H and O–H groups in total. The lowest BCUT2D eigenvalue weighted by atomic mass is 9.53. The second kappa shape index (κ2) is 9.84. The van der Waals surface area contributed by atoms with Crippen molar-refractivity contribution < 1.29 is 29.3 Å². The summed E-state index contributed by atoms with van der Waals surface area (Å²) in [4.78, 5) is 30.0. The first-order valence-electron chi connectivity index (χ1n) is 14.4. The number of carbonyl (C=O) groups excluding carboxylic acids is 2. The van der Waals surface area contributed by atoms with Crippen LogP contribution in [0.4, 0.5) is 0 Å². The van der Waals surface area contributed by atoms with Crippen molar-refractivity contribution in [2.24, 2.45) is 40.9 Å². The average Bonchev–Trinajstić information content (AvgIpc) is 3.16. The van der Waals surface area contributed by atoms with Gasteiger partial charge in [-0.1, -0.05) is 39.0 Å². The number of fused-ring (bicyclic) bond motifs is 3. The summed E-state index contributed by atoms with van der Waals surface area (Å²) in [6.07, 6.45) is 4.18. The van der Waals surface area contributed by atoms with E-state index in [1.54, 1.807) is 19.2 Å². The van der Waals surface area contributed by atoms with E-state index in [1.165, 1.54) is 5.57 Å². The van der Waals surface area contributed by atoms with Crippen LogP contribution in [0.3, 0.4) is 0 Å². The van der Waals surface area contributed by atoms with E-state index in [4.69, 9.17) is 9.47 Å². The number of allylic oxidation sites excluding steroid dienone is 2. The SMILES string of the molecule is C=C1C2CC3C(C(C)C)C(OC(=O)c4ccc(C)nc4)CC3(C)CC2/C(C)=C\CC2C(C)OC(=O)C(O)C12O. The van der Waals surface area contributed by atoms with Crippen molar-refractivity contribution in [3.05, 3.63) is 53.4 Å². The number of aryl methyl sites for hydroxylation is 1. The Morgan fingerprint density at radius 1 is 1.21 bits per heavy atom. The standard InChI is InChI=1S/C32H43NO6/c1-16(2)27-25-12-22-19(5)32(37)24(20(6)38-30(36)28(32)34)11-8-17(3)23(22)13-31(25,7)14-26(27)39-29(35)21-10-9-18(4)33-15-21/h8-10,15-16,20,22-28,34,37H,5,11-14H2,1-4,6-7H3/b17-8-. The number of aromatic nitrogens is 1. The Balaban J connectivity index is 1.48. The number of cyclic esters (lactones) is 1. The molecular weight excluding hydrogens is 494 g/mol. The minimum absolute atomic E-state index is 0.0689. The fourth-order valence-corrected chi connectivity index (χ4v) is 8.52. The summed E-state index contributed by atoms with van der Waals surface area (Å²) < 4.78 is 11.6. The van der Waals surface area contributed by atoms with Crippen molar-refractivity contribution in [3.8, 4) is 0 Å². The molecule has 39 heavy (non-hydrogen) atoms. The number of pyridine rings is 1. The first kappa shape index (κ1) is 28.0. The van der Waals surface area contributed by atoms with Gasteiger partial charge < -0.3 is 19.7 Å². The van der Waals surface area contributed by atoms with E-state index in [2.05, 4.69) is 45.3 Å². The highest BCUT2D eigenvalue weighted by atomic mass is 16.6. The van der Waals surface area contributed by atoms with E-state index < -0.39 is 29.7 Å². The number of carbonyl (C=O) groups is 2. The van der Waals surface area contributed by atoms with Gasteiger partial charge in [0, 0.05) is 23.7 Å². The van der Waals surface area contributed by atoms with Crippen molar-refractivity contribution in [1.82, 2.24) is 4.98 Å². The summed E-state index contributed by atoms with van der Waals surface area (Å²) in [6.45, 7) is 16.9. The van der Waals surface area contributed by atoms with Crippen molar-refractivity contribution >= 4 is 11.9 Å². The van der Waals surface area contributed by atoms with Gasteiger partial charge in [-0.2, -0.15) is 0 Å². The molecule has 0 bridgehead atoms. The Labute approximate surface area is 231 Å². The first-order valence-corrected chi connectivity index (χ1v) is 14.4. The van der Waals surface area contributed by atoms with E-state index in [0.29, 0.717) is 17.6 Å². The second-order valence-electron chi connectivity index (χ2n) is 13.3. The molecule has 7 nitrogen and oxygen atoms in total. The topological polar surface area (TPSA) is 106 Å². The lowest BCUT2D eigenvalue weighted by Gasteiger charge is -2.54. The van der Waals surface area contributed by atoms with Gasteiger partial charge in [-0.05, 0) is 93.2 Å². The quantitative estimate of drug-likeness (QED) is 0.421. The molecule has 212 valence electrons. The number of hydrogen-bond acceptors (Lipinski definition) is 7. The predicted octanol–water partition coefficient (Wildman–Crippen LogP) is 4.80. The molecule has 0 aromatic carbocycles. The van der Waals surface area contributed by atoms with Gasteiger partial charge in [0.25, 0.3) is 0 Å². The van der Waals surface area contributed by atoms with Crippen molar-refractivity contribution in [1.29, 1.82) is 0 Å². The highest BCUT2D eigenvalue weighted by molar-refractivity contribution is 5.89. The lowest BCUT2D eigenvalue weighted by molar-refractivity contribution is -0.209. The molecule has 0 amide bonds. The van der Waals surface area contributed by atoms with Crippen LogP contribution in [0, 0.1) is 47.8 Å². The van der Waals surface area contributed by atoms with Crippen LogP contribution in [-0.2, 0) is 14.3 Å². The number of aliphatic hydroxyl groups excluding tert-OH is 1. The van der Waals surface area contributed by atoms with Crippen LogP contribution in [0.2, 0.25) is 0 Å². The predicted molar refractivity (Wildman–Crippen MR) is 146 cm³/mol. The Morgan fingerprint density at radius 2 is 1.92 bits per heavy atom. The summed E-state index contributed by atoms with van der Waals surface area (Å²) in [6, 6.07) is 3.58. The molecule has 3 aliphatic carbocycles. The van der Waals surface area contributed by atoms with Crippen molar-refractivity contribution in [2.75, 3.05) is 0 Å². The maximum absolute atomic E-state index is 13.1. The monoisotopic (exact) mass is 537 g/mol. The number of nitrogens with zero attached hydrogens (tertiary/aromatic N) is 1. The molecule has 7 heteroatoms. The number of hydrogen-bond donors (Lipinski definition) is 2. The Bertz CT molecular complexity index is 1190. The molecule has 4 aliphatic rings. The zero-order valence-corrected chi connectivity index (χ0v) is 24.0. The molecule has 1 aromatic rings. The Kier molecular flexibility index (Phi) is 7.08. The molecule has 2 heterocycles. The van der Waals surface area contributed by atoms with Crippen LogP contribution in [0.1, 0.15) is 76.4 Å². The van der Waals surface area contributed by atoms with E-state index >= 15 is 0 Å². The van der Waals surface area contributed by atoms with Crippen LogP contribution in [-0.4, -0.2) is 51.0 Å². The lowest BCUT2D eigenvalue weighted by Crippen LogP contribution is -2.63. The minimum atomic E-state index is -1.75. The van der Waals surface area contributed by atoms with E-state index in [-0.39, 0.29) is 47.1 Å². The minimum Gasteiger partial charge on any atom is -0.460 e. The van der Waals surface area contributed by atoms with Gasteiger partial charge in [-0.3, -0.25) is 4.98 Å². The van der Waals surface area contributed by atoms with Crippen LogP contribution in [0.15, 0.2) is 42.1 Å². The molecule has 10 atom stereocenters. The molecule has 2 saturated carbocycles. The van der Waals surface area contributed by atoms with E-state index in [1.807, 2.05) is 13.0 Å². The highest BCUT2D eigenvalue weighted by Gasteiger charge is 2.62. The molecule has 0 radical (unpaired) electrons. The van der Waals surface area contributed by atoms with Crippen molar-refractivity contribution in [2.45, 2.75) is 91.1 Å². The maximum Gasteiger partial charge on any atom is 0.339 e. The Morgan fingerprint density at radius 3 is 2.56 bits per heavy atom. The molecule has 10 unspecified atom stereocenters. The van der Waals surface area contributed by atoms with Crippen LogP contribution >= 0.6 is 0 Å². The van der Waals surface area contributed by atoms with Crippen LogP contribution < -0.4 is 0 Å². The summed E-state index contributed by atoms with van der Waals surface area (Å²) in [7, 11) is 0. The number of aliphatic hydroxyl groups is 2. The molecule has 3 fully saturated rings. The molecule has 1 saturated heterocycles. The first-order chi connectivity index (χ1) is 18.3. The number of esters is 2. The third-order valence-corrected chi connectivity index (χ3v) is 10.6. The molecular formula is C32H43NO6. The van der Waals surface area contributed by atoms with E-state index in [0.717, 1.165) is 25.0 Å². The third-order valence-electron chi connectivity index (χ3n) is 10.6. The largest absolute Gasteiger partial charge is 0.460 e. The summed E-state index contributed by atoms with van der Waals surface area (Å²) in [5.74, 6) is -0.976. The fourth-order valence-electron chi connectivity index (χ4n) is 8.52. The van der Waals surface area contributed by atoms with Gasteiger partial charge in [-0.25, -0.2) is 9.59 Å². The van der Waals surface area contributed by atoms with Gasteiger partial charge in [0.15, 0.2) is 6.10 Å². The van der Waals surface area contributed by atoms with E-state index in [9.17, 15) is 19.8 Å². The smallest absolute Gasteiger partial charge is 0.339 e. The molecule has 1 aliphatic heterocycles. The van der Waals surface area contributed by atoms with Crippen LogP contribution in [0.25, 0.3) is 0 Å². The Hall–Kier alpha value is -2.51. The van der Waals surface area contributed by atoms with Gasteiger partial charge in [-0.15, -0.1) is 0 Å². The fraction of sp³-hybridized carbons (Fsp3) is 0.656. The number of ether oxygens (including phenoxy) is 2. The average molecular weight is 538 g/mol. The summed E-state index contributed by atoms with van der Waals surface area (Å²) in [5, 5.41) is 23.0. The zero-order valence-electron chi connectivity index (χ0n) is 24.0. The van der Waals surface area contributed by atoms with Gasteiger partial charge in [0.1, 0.15) is 17.8 Å². The normalized spacial score (nSPS) is 43.3. The maximum atomic E-state index is 13.1. The number of rotatable bonds is 3. The van der Waals surface area contributed by atoms with Crippen molar-refractivity contribution in [3.63, 3.8) is 0 Å². The van der Waals surface area contributed by atoms with Crippen LogP contribution in [0.5, 0.6) is 0 Å². The third kappa shape index (κ3) is 4.46. The van der Waals surface area contributed by atoms with Gasteiger partial charge in [0.05, 0.1) is 5.56 Å². The second-order valence-corrected chi connectivity index (χ2v) is 13.3.